The standard InChI is InChI=1S/C13H16O3/c1-15-11-4-6-12(7-5-11)16-9-8-13(14)10-2-3-10/h4-7,10H,2-3,8-9H2,1H3. The molecule has 0 amide bonds. The van der Waals surface area contributed by atoms with Crippen molar-refractivity contribution >= 4 is 5.78 Å². The van der Waals surface area contributed by atoms with Crippen molar-refractivity contribution in [1.82, 2.24) is 0 Å². The summed E-state index contributed by atoms with van der Waals surface area (Å²) < 4.78 is 10.5. The van der Waals surface area contributed by atoms with Gasteiger partial charge in [-0.25, -0.2) is 0 Å². The molecule has 1 aliphatic rings. The Morgan fingerprint density at radius 1 is 1.25 bits per heavy atom. The Morgan fingerprint density at radius 3 is 2.44 bits per heavy atom. The van der Waals surface area contributed by atoms with Crippen LogP contribution in [0.4, 0.5) is 0 Å². The van der Waals surface area contributed by atoms with Crippen LogP contribution in [0.3, 0.4) is 0 Å². The Morgan fingerprint density at radius 2 is 1.88 bits per heavy atom. The van der Waals surface area contributed by atoms with Crippen LogP contribution in [0.5, 0.6) is 11.5 Å². The highest BCUT2D eigenvalue weighted by atomic mass is 16.5. The number of rotatable bonds is 6. The van der Waals surface area contributed by atoms with E-state index in [1.165, 1.54) is 0 Å². The first-order valence-corrected chi connectivity index (χ1v) is 5.59. The second-order valence-electron chi connectivity index (χ2n) is 4.01. The number of carbonyl (C=O) groups excluding carboxylic acids is 1. The molecular formula is C13H16O3. The van der Waals surface area contributed by atoms with Gasteiger partial charge in [0, 0.05) is 12.3 Å². The number of carbonyl (C=O) groups is 1. The minimum absolute atomic E-state index is 0.333. The summed E-state index contributed by atoms with van der Waals surface area (Å²) in [5.74, 6) is 2.26. The molecule has 0 aromatic heterocycles. The van der Waals surface area contributed by atoms with Gasteiger partial charge in [0.1, 0.15) is 17.3 Å². The van der Waals surface area contributed by atoms with Gasteiger partial charge < -0.3 is 9.47 Å². The molecule has 86 valence electrons. The summed E-state index contributed by atoms with van der Waals surface area (Å²) in [5.41, 5.74) is 0. The van der Waals surface area contributed by atoms with Crippen LogP contribution in [-0.2, 0) is 4.79 Å². The van der Waals surface area contributed by atoms with Crippen LogP contribution in [0, 0.1) is 5.92 Å². The molecule has 0 heterocycles. The van der Waals surface area contributed by atoms with Gasteiger partial charge in [-0.1, -0.05) is 0 Å². The second kappa shape index (κ2) is 5.01. The molecule has 0 atom stereocenters. The van der Waals surface area contributed by atoms with Crippen LogP contribution in [0.25, 0.3) is 0 Å². The Hall–Kier alpha value is -1.51. The molecule has 0 spiro atoms. The van der Waals surface area contributed by atoms with Crippen LogP contribution < -0.4 is 9.47 Å². The van der Waals surface area contributed by atoms with Crippen molar-refractivity contribution in [2.24, 2.45) is 5.92 Å². The Labute approximate surface area is 95.4 Å². The Balaban J connectivity index is 1.73. The minimum Gasteiger partial charge on any atom is -0.497 e. The van der Waals surface area contributed by atoms with E-state index in [-0.39, 0.29) is 0 Å². The zero-order valence-corrected chi connectivity index (χ0v) is 9.44. The molecule has 0 radical (unpaired) electrons. The van der Waals surface area contributed by atoms with Crippen molar-refractivity contribution in [2.45, 2.75) is 19.3 Å². The predicted octanol–water partition coefficient (Wildman–Crippen LogP) is 2.44. The van der Waals surface area contributed by atoms with E-state index in [0.29, 0.717) is 24.7 Å². The van der Waals surface area contributed by atoms with Gasteiger partial charge in [0.2, 0.25) is 0 Å². The maximum atomic E-state index is 11.4. The highest BCUT2D eigenvalue weighted by molar-refractivity contribution is 5.83. The van der Waals surface area contributed by atoms with Gasteiger partial charge in [-0.3, -0.25) is 4.79 Å². The van der Waals surface area contributed by atoms with Crippen molar-refractivity contribution in [3.63, 3.8) is 0 Å². The van der Waals surface area contributed by atoms with Gasteiger partial charge in [0.15, 0.2) is 0 Å². The molecule has 1 aliphatic carbocycles. The van der Waals surface area contributed by atoms with Gasteiger partial charge in [-0.2, -0.15) is 0 Å². The van der Waals surface area contributed by atoms with E-state index in [1.807, 2.05) is 24.3 Å². The van der Waals surface area contributed by atoms with E-state index >= 15 is 0 Å². The van der Waals surface area contributed by atoms with Crippen LogP contribution in [0.1, 0.15) is 19.3 Å². The quantitative estimate of drug-likeness (QED) is 0.738. The average molecular weight is 220 g/mol. The van der Waals surface area contributed by atoms with E-state index in [1.54, 1.807) is 7.11 Å². The normalized spacial score (nSPS) is 14.6. The minimum atomic E-state index is 0.333. The fourth-order valence-electron chi connectivity index (χ4n) is 1.55. The first kappa shape index (κ1) is 11.0. The molecule has 3 heteroatoms. The third kappa shape index (κ3) is 2.99. The lowest BCUT2D eigenvalue weighted by Crippen LogP contribution is -2.07. The summed E-state index contributed by atoms with van der Waals surface area (Å²) in [4.78, 5) is 11.4. The average Bonchev–Trinajstić information content (AvgIpc) is 3.14. The summed E-state index contributed by atoms with van der Waals surface area (Å²) >= 11 is 0. The molecule has 0 bridgehead atoms. The highest BCUT2D eigenvalue weighted by Gasteiger charge is 2.28. The molecule has 1 saturated carbocycles. The van der Waals surface area contributed by atoms with Crippen molar-refractivity contribution < 1.29 is 14.3 Å². The van der Waals surface area contributed by atoms with E-state index in [9.17, 15) is 4.79 Å². The second-order valence-corrected chi connectivity index (χ2v) is 4.01. The largest absolute Gasteiger partial charge is 0.497 e. The molecule has 0 N–H and O–H groups in total. The zero-order chi connectivity index (χ0) is 11.4. The number of benzene rings is 1. The number of ether oxygens (including phenoxy) is 2. The summed E-state index contributed by atoms with van der Waals surface area (Å²) in [6.45, 7) is 0.474. The first-order valence-electron chi connectivity index (χ1n) is 5.59. The van der Waals surface area contributed by atoms with Gasteiger partial charge in [0.25, 0.3) is 0 Å². The first-order chi connectivity index (χ1) is 7.79. The smallest absolute Gasteiger partial charge is 0.139 e. The third-order valence-corrected chi connectivity index (χ3v) is 2.71. The highest BCUT2D eigenvalue weighted by Crippen LogP contribution is 2.30. The third-order valence-electron chi connectivity index (χ3n) is 2.71. The molecule has 16 heavy (non-hydrogen) atoms. The van der Waals surface area contributed by atoms with E-state index in [4.69, 9.17) is 9.47 Å². The topological polar surface area (TPSA) is 35.5 Å². The molecule has 1 aromatic rings. The summed E-state index contributed by atoms with van der Waals surface area (Å²) in [5, 5.41) is 0. The molecule has 0 unspecified atom stereocenters. The lowest BCUT2D eigenvalue weighted by molar-refractivity contribution is -0.120. The van der Waals surface area contributed by atoms with E-state index in [2.05, 4.69) is 0 Å². The van der Waals surface area contributed by atoms with Crippen LogP contribution >= 0.6 is 0 Å². The SMILES string of the molecule is COc1ccc(OCCC(=O)C2CC2)cc1. The number of ketones is 1. The maximum Gasteiger partial charge on any atom is 0.139 e. The van der Waals surface area contributed by atoms with Crippen molar-refractivity contribution in [2.75, 3.05) is 13.7 Å². The number of hydrogen-bond acceptors (Lipinski definition) is 3. The molecule has 0 saturated heterocycles. The Bertz CT molecular complexity index is 352. The molecule has 1 fully saturated rings. The van der Waals surface area contributed by atoms with Crippen LogP contribution in [-0.4, -0.2) is 19.5 Å². The fraction of sp³-hybridized carbons (Fsp3) is 0.462. The lowest BCUT2D eigenvalue weighted by atomic mass is 10.2. The van der Waals surface area contributed by atoms with Gasteiger partial charge in [-0.15, -0.1) is 0 Å². The summed E-state index contributed by atoms with van der Waals surface area (Å²) in [6.07, 6.45) is 2.67. The van der Waals surface area contributed by atoms with Crippen molar-refractivity contribution in [3.8, 4) is 11.5 Å². The van der Waals surface area contributed by atoms with E-state index in [0.717, 1.165) is 24.3 Å². The van der Waals surface area contributed by atoms with Crippen LogP contribution in [0.2, 0.25) is 0 Å². The zero-order valence-electron chi connectivity index (χ0n) is 9.44. The molecular weight excluding hydrogens is 204 g/mol. The molecule has 0 aliphatic heterocycles. The summed E-state index contributed by atoms with van der Waals surface area (Å²) in [7, 11) is 1.63. The molecule has 3 nitrogen and oxygen atoms in total. The van der Waals surface area contributed by atoms with Crippen molar-refractivity contribution in [1.29, 1.82) is 0 Å². The summed E-state index contributed by atoms with van der Waals surface area (Å²) in [6, 6.07) is 7.39. The van der Waals surface area contributed by atoms with Gasteiger partial charge in [0.05, 0.1) is 13.7 Å². The number of Topliss-reactive ketones (excluding diaryl/α,β-unsaturated/α-hetero) is 1. The number of methoxy groups -OCH3 is 1. The fourth-order valence-corrected chi connectivity index (χ4v) is 1.55. The number of hydrogen-bond donors (Lipinski definition) is 0. The van der Waals surface area contributed by atoms with E-state index < -0.39 is 0 Å². The lowest BCUT2D eigenvalue weighted by Gasteiger charge is -2.06. The van der Waals surface area contributed by atoms with Gasteiger partial charge in [-0.05, 0) is 37.1 Å². The van der Waals surface area contributed by atoms with Gasteiger partial charge >= 0.3 is 0 Å². The predicted molar refractivity (Wildman–Crippen MR) is 60.8 cm³/mol. The molecule has 1 aromatic carbocycles. The van der Waals surface area contributed by atoms with Crippen molar-refractivity contribution in [3.05, 3.63) is 24.3 Å². The maximum absolute atomic E-state index is 11.4. The monoisotopic (exact) mass is 220 g/mol. The van der Waals surface area contributed by atoms with Crippen LogP contribution in [0.15, 0.2) is 24.3 Å². The molecule has 2 rings (SSSR count). The Kier molecular flexibility index (Phi) is 3.44.